The molecular weight excluding hydrogens is 418 g/mol. The molecule has 2 aromatic carbocycles. The number of nitrogens with zero attached hydrogens (tertiary/aromatic N) is 2. The lowest BCUT2D eigenvalue weighted by Crippen LogP contribution is -2.29. The Labute approximate surface area is 191 Å². The summed E-state index contributed by atoms with van der Waals surface area (Å²) >= 11 is 0. The fourth-order valence-corrected chi connectivity index (χ4v) is 4.32. The average molecular weight is 444 g/mol. The Kier molecular flexibility index (Phi) is 5.38. The molecule has 7 heteroatoms. The zero-order chi connectivity index (χ0) is 22.9. The third kappa shape index (κ3) is 3.75. The average Bonchev–Trinajstić information content (AvgIpc) is 3.54. The van der Waals surface area contributed by atoms with Crippen molar-refractivity contribution in [3.05, 3.63) is 89.0 Å². The minimum absolute atomic E-state index is 0.116. The van der Waals surface area contributed by atoms with E-state index in [0.29, 0.717) is 35.9 Å². The number of rotatable bonds is 7. The highest BCUT2D eigenvalue weighted by Gasteiger charge is 2.43. The quantitative estimate of drug-likeness (QED) is 0.409. The number of phenols is 1. The van der Waals surface area contributed by atoms with Gasteiger partial charge >= 0.3 is 0 Å². The molecule has 1 atom stereocenters. The van der Waals surface area contributed by atoms with Gasteiger partial charge in [-0.15, -0.1) is 0 Å². The van der Waals surface area contributed by atoms with Gasteiger partial charge in [-0.25, -0.2) is 0 Å². The molecule has 2 N–H and O–H groups in total. The van der Waals surface area contributed by atoms with Gasteiger partial charge in [0.1, 0.15) is 28.6 Å². The highest BCUT2D eigenvalue weighted by molar-refractivity contribution is 6.00. The van der Waals surface area contributed by atoms with Crippen LogP contribution < -0.4 is 4.74 Å². The first kappa shape index (κ1) is 20.9. The lowest BCUT2D eigenvalue weighted by atomic mass is 9.95. The van der Waals surface area contributed by atoms with Crippen molar-refractivity contribution in [1.82, 2.24) is 15.1 Å². The third-order valence-corrected chi connectivity index (χ3v) is 5.82. The van der Waals surface area contributed by atoms with Gasteiger partial charge in [-0.05, 0) is 55.3 Å². The number of aromatic hydroxyl groups is 1. The molecule has 7 nitrogen and oxygen atoms in total. The molecule has 0 saturated carbocycles. The molecular formula is C26H25N3O4. The lowest BCUT2D eigenvalue weighted by Gasteiger charge is -2.26. The van der Waals surface area contributed by atoms with Crippen molar-refractivity contribution in [2.75, 3.05) is 6.61 Å². The number of carbonyl (C=O) groups is 1. The number of nitrogens with one attached hydrogen (secondary N) is 1. The van der Waals surface area contributed by atoms with Gasteiger partial charge in [-0.3, -0.25) is 9.89 Å². The zero-order valence-electron chi connectivity index (χ0n) is 18.5. The summed E-state index contributed by atoms with van der Waals surface area (Å²) in [5, 5.41) is 18.0. The van der Waals surface area contributed by atoms with Crippen LogP contribution in [0.15, 0.2) is 65.3 Å². The SMILES string of the molecule is CCCOc1cccc([C@@H]2c3c(-c4cc(C)ccc4O)n[nH]c3C(=O)N2Cc2ccco2)c1. The Morgan fingerprint density at radius 3 is 2.85 bits per heavy atom. The van der Waals surface area contributed by atoms with Gasteiger partial charge in [0.05, 0.1) is 25.5 Å². The highest BCUT2D eigenvalue weighted by atomic mass is 16.5. The smallest absolute Gasteiger partial charge is 0.273 e. The Balaban J connectivity index is 1.65. The van der Waals surface area contributed by atoms with Crippen LogP contribution in [0.25, 0.3) is 11.3 Å². The number of hydrogen-bond acceptors (Lipinski definition) is 5. The maximum Gasteiger partial charge on any atom is 0.273 e. The second-order valence-corrected chi connectivity index (χ2v) is 8.22. The third-order valence-electron chi connectivity index (χ3n) is 5.82. The van der Waals surface area contributed by atoms with Crippen LogP contribution in [0.1, 0.15) is 52.3 Å². The molecule has 0 saturated heterocycles. The summed E-state index contributed by atoms with van der Waals surface area (Å²) in [5.74, 6) is 1.38. The van der Waals surface area contributed by atoms with Crippen LogP contribution in [-0.4, -0.2) is 32.7 Å². The fraction of sp³-hybridized carbons (Fsp3) is 0.231. The van der Waals surface area contributed by atoms with E-state index < -0.39 is 6.04 Å². The van der Waals surface area contributed by atoms with Gasteiger partial charge in [0.25, 0.3) is 5.91 Å². The van der Waals surface area contributed by atoms with Crippen molar-refractivity contribution in [3.63, 3.8) is 0 Å². The molecule has 1 aliphatic rings. The maximum atomic E-state index is 13.5. The fourth-order valence-electron chi connectivity index (χ4n) is 4.32. The first-order valence-corrected chi connectivity index (χ1v) is 11.0. The molecule has 0 fully saturated rings. The number of amides is 1. The molecule has 0 radical (unpaired) electrons. The number of phenolic OH excluding ortho intramolecular Hbond substituents is 1. The number of H-pyrrole nitrogens is 1. The largest absolute Gasteiger partial charge is 0.507 e. The summed E-state index contributed by atoms with van der Waals surface area (Å²) < 4.78 is 11.4. The molecule has 5 rings (SSSR count). The molecule has 0 spiro atoms. The van der Waals surface area contributed by atoms with E-state index in [0.717, 1.165) is 28.9 Å². The summed E-state index contributed by atoms with van der Waals surface area (Å²) in [6, 6.07) is 16.4. The first-order valence-electron chi connectivity index (χ1n) is 11.0. The van der Waals surface area contributed by atoms with Gasteiger partial charge in [0.2, 0.25) is 0 Å². The molecule has 168 valence electrons. The Morgan fingerprint density at radius 2 is 2.06 bits per heavy atom. The monoisotopic (exact) mass is 443 g/mol. The Hall–Kier alpha value is -4.00. The van der Waals surface area contributed by atoms with Crippen LogP contribution in [-0.2, 0) is 6.54 Å². The topological polar surface area (TPSA) is 91.6 Å². The molecule has 2 aromatic heterocycles. The van der Waals surface area contributed by atoms with E-state index in [1.807, 2.05) is 49.4 Å². The van der Waals surface area contributed by atoms with E-state index in [-0.39, 0.29) is 11.7 Å². The van der Waals surface area contributed by atoms with Crippen molar-refractivity contribution in [3.8, 4) is 22.8 Å². The maximum absolute atomic E-state index is 13.5. The van der Waals surface area contributed by atoms with Gasteiger partial charge in [0, 0.05) is 11.1 Å². The first-order chi connectivity index (χ1) is 16.1. The standard InChI is InChI=1S/C26H25N3O4/c1-3-11-32-18-7-4-6-17(14-18)25-22-23(20-13-16(2)9-10-21(20)30)27-28-24(22)26(31)29(25)15-19-8-5-12-33-19/h4-10,12-14,25,30H,3,11,15H2,1-2H3,(H,27,28)/t25-/m1/s1. The number of benzene rings is 2. The number of aromatic nitrogens is 2. The summed E-state index contributed by atoms with van der Waals surface area (Å²) in [5.41, 5.74) is 4.19. The minimum atomic E-state index is -0.420. The number of fused-ring (bicyclic) bond motifs is 1. The number of aromatic amines is 1. The van der Waals surface area contributed by atoms with Crippen molar-refractivity contribution in [2.24, 2.45) is 0 Å². The predicted molar refractivity (Wildman–Crippen MR) is 123 cm³/mol. The van der Waals surface area contributed by atoms with E-state index in [1.54, 1.807) is 23.3 Å². The molecule has 1 aliphatic heterocycles. The van der Waals surface area contributed by atoms with Crippen LogP contribution >= 0.6 is 0 Å². The van der Waals surface area contributed by atoms with E-state index in [4.69, 9.17) is 9.15 Å². The molecule has 33 heavy (non-hydrogen) atoms. The summed E-state index contributed by atoms with van der Waals surface area (Å²) in [7, 11) is 0. The molecule has 3 heterocycles. The number of furan rings is 1. The van der Waals surface area contributed by atoms with Gasteiger partial charge in [0.15, 0.2) is 0 Å². The van der Waals surface area contributed by atoms with Crippen molar-refractivity contribution in [1.29, 1.82) is 0 Å². The number of aryl methyl sites for hydroxylation is 1. The number of ether oxygens (including phenoxy) is 1. The predicted octanol–water partition coefficient (Wildman–Crippen LogP) is 5.22. The molecule has 0 aliphatic carbocycles. The summed E-state index contributed by atoms with van der Waals surface area (Å²) in [6.07, 6.45) is 2.50. The summed E-state index contributed by atoms with van der Waals surface area (Å²) in [4.78, 5) is 15.2. The van der Waals surface area contributed by atoms with E-state index in [9.17, 15) is 9.90 Å². The molecule has 0 unspecified atom stereocenters. The van der Waals surface area contributed by atoms with E-state index in [1.165, 1.54) is 0 Å². The van der Waals surface area contributed by atoms with Crippen LogP contribution in [0.3, 0.4) is 0 Å². The highest BCUT2D eigenvalue weighted by Crippen LogP contribution is 2.45. The van der Waals surface area contributed by atoms with Gasteiger partial charge in [-0.1, -0.05) is 30.7 Å². The summed E-state index contributed by atoms with van der Waals surface area (Å²) in [6.45, 7) is 4.93. The second-order valence-electron chi connectivity index (χ2n) is 8.22. The number of hydrogen-bond donors (Lipinski definition) is 2. The lowest BCUT2D eigenvalue weighted by molar-refractivity contribution is 0.0716. The minimum Gasteiger partial charge on any atom is -0.507 e. The van der Waals surface area contributed by atoms with Crippen LogP contribution in [0.5, 0.6) is 11.5 Å². The molecule has 0 bridgehead atoms. The van der Waals surface area contributed by atoms with E-state index in [2.05, 4.69) is 17.1 Å². The number of carbonyl (C=O) groups excluding carboxylic acids is 1. The molecule has 1 amide bonds. The van der Waals surface area contributed by atoms with Crippen LogP contribution in [0.4, 0.5) is 0 Å². The van der Waals surface area contributed by atoms with Gasteiger partial charge < -0.3 is 19.2 Å². The zero-order valence-corrected chi connectivity index (χ0v) is 18.5. The van der Waals surface area contributed by atoms with E-state index >= 15 is 0 Å². The van der Waals surface area contributed by atoms with Crippen LogP contribution in [0, 0.1) is 6.92 Å². The normalized spacial score (nSPS) is 15.2. The van der Waals surface area contributed by atoms with Crippen molar-refractivity contribution >= 4 is 5.91 Å². The molecule has 4 aromatic rings. The Morgan fingerprint density at radius 1 is 1.18 bits per heavy atom. The van der Waals surface area contributed by atoms with Crippen molar-refractivity contribution < 1.29 is 19.1 Å². The van der Waals surface area contributed by atoms with Crippen LogP contribution in [0.2, 0.25) is 0 Å². The van der Waals surface area contributed by atoms with Crippen molar-refractivity contribution in [2.45, 2.75) is 32.9 Å². The second kappa shape index (κ2) is 8.50. The van der Waals surface area contributed by atoms with Gasteiger partial charge in [-0.2, -0.15) is 5.10 Å². The Bertz CT molecular complexity index is 1290.